The van der Waals surface area contributed by atoms with Crippen LogP contribution in [0.15, 0.2) is 29.3 Å². The molecule has 0 aromatic heterocycles. The van der Waals surface area contributed by atoms with Crippen molar-refractivity contribution in [1.29, 1.82) is 0 Å². The SMILES string of the molecule is Br.CCSC1=Nc2ccccc2C1. The van der Waals surface area contributed by atoms with E-state index in [4.69, 9.17) is 0 Å². The molecule has 0 fully saturated rings. The molecule has 3 heteroatoms. The first-order valence-electron chi connectivity index (χ1n) is 4.18. The van der Waals surface area contributed by atoms with Gasteiger partial charge < -0.3 is 0 Å². The minimum absolute atomic E-state index is 0. The summed E-state index contributed by atoms with van der Waals surface area (Å²) < 4.78 is 0. The highest BCUT2D eigenvalue weighted by Gasteiger charge is 2.12. The Kier molecular flexibility index (Phi) is 4.00. The molecule has 0 unspecified atom stereocenters. The third kappa shape index (κ3) is 2.35. The zero-order valence-corrected chi connectivity index (χ0v) is 10.0. The second kappa shape index (κ2) is 4.82. The third-order valence-corrected chi connectivity index (χ3v) is 2.75. The van der Waals surface area contributed by atoms with Gasteiger partial charge in [0.15, 0.2) is 0 Å². The number of halogens is 1. The van der Waals surface area contributed by atoms with Crippen LogP contribution in [0.4, 0.5) is 5.69 Å². The number of rotatable bonds is 1. The summed E-state index contributed by atoms with van der Waals surface area (Å²) in [7, 11) is 0. The highest BCUT2D eigenvalue weighted by atomic mass is 79.9. The zero-order valence-electron chi connectivity index (χ0n) is 7.49. The van der Waals surface area contributed by atoms with Crippen molar-refractivity contribution in [3.63, 3.8) is 0 Å². The van der Waals surface area contributed by atoms with E-state index in [1.54, 1.807) is 0 Å². The first-order chi connectivity index (χ1) is 5.90. The van der Waals surface area contributed by atoms with Gasteiger partial charge in [0.05, 0.1) is 10.7 Å². The van der Waals surface area contributed by atoms with Crippen molar-refractivity contribution in [3.8, 4) is 0 Å². The van der Waals surface area contributed by atoms with Crippen LogP contribution < -0.4 is 0 Å². The number of aliphatic imine (C=N–C) groups is 1. The summed E-state index contributed by atoms with van der Waals surface area (Å²) in [6.07, 6.45) is 1.04. The maximum Gasteiger partial charge on any atom is 0.0783 e. The van der Waals surface area contributed by atoms with Gasteiger partial charge in [0.1, 0.15) is 0 Å². The third-order valence-electron chi connectivity index (χ3n) is 1.89. The number of hydrogen-bond donors (Lipinski definition) is 0. The average Bonchev–Trinajstić information content (AvgIpc) is 2.47. The Bertz CT molecular complexity index is 322. The molecule has 0 aliphatic carbocycles. The van der Waals surface area contributed by atoms with Gasteiger partial charge in [-0.15, -0.1) is 28.7 Å². The van der Waals surface area contributed by atoms with Gasteiger partial charge in [-0.05, 0) is 17.4 Å². The van der Waals surface area contributed by atoms with E-state index in [9.17, 15) is 0 Å². The molecule has 2 rings (SSSR count). The molecule has 70 valence electrons. The Morgan fingerprint density at radius 2 is 2.15 bits per heavy atom. The van der Waals surface area contributed by atoms with E-state index in [0.29, 0.717) is 0 Å². The molecular weight excluding hydrogens is 246 g/mol. The topological polar surface area (TPSA) is 12.4 Å². The average molecular weight is 258 g/mol. The lowest BCUT2D eigenvalue weighted by Crippen LogP contribution is -1.90. The van der Waals surface area contributed by atoms with Crippen molar-refractivity contribution in [2.45, 2.75) is 13.3 Å². The van der Waals surface area contributed by atoms with Crippen molar-refractivity contribution < 1.29 is 0 Å². The molecule has 1 aromatic rings. The smallest absolute Gasteiger partial charge is 0.0783 e. The number of nitrogens with zero attached hydrogens (tertiary/aromatic N) is 1. The van der Waals surface area contributed by atoms with Crippen molar-refractivity contribution in [2.24, 2.45) is 4.99 Å². The summed E-state index contributed by atoms with van der Waals surface area (Å²) >= 11 is 1.85. The van der Waals surface area contributed by atoms with Gasteiger partial charge in [0.25, 0.3) is 0 Å². The Morgan fingerprint density at radius 3 is 2.85 bits per heavy atom. The first-order valence-corrected chi connectivity index (χ1v) is 5.17. The molecule has 0 bridgehead atoms. The summed E-state index contributed by atoms with van der Waals surface area (Å²) in [6, 6.07) is 8.36. The Labute approximate surface area is 93.4 Å². The zero-order chi connectivity index (χ0) is 8.39. The summed E-state index contributed by atoms with van der Waals surface area (Å²) in [5.41, 5.74) is 2.53. The molecule has 13 heavy (non-hydrogen) atoms. The summed E-state index contributed by atoms with van der Waals surface area (Å²) in [5, 5.41) is 1.26. The second-order valence-electron chi connectivity index (χ2n) is 2.74. The molecular formula is C10H12BrNS. The summed E-state index contributed by atoms with van der Waals surface area (Å²) in [4.78, 5) is 4.52. The predicted molar refractivity (Wildman–Crippen MR) is 65.7 cm³/mol. The second-order valence-corrected chi connectivity index (χ2v) is 4.08. The maximum atomic E-state index is 4.52. The van der Waals surface area contributed by atoms with Crippen LogP contribution in [0.1, 0.15) is 12.5 Å². The lowest BCUT2D eigenvalue weighted by molar-refractivity contribution is 1.41. The van der Waals surface area contributed by atoms with Gasteiger partial charge in [0.2, 0.25) is 0 Å². The molecule has 0 saturated carbocycles. The molecule has 1 heterocycles. The fourth-order valence-electron chi connectivity index (χ4n) is 1.36. The largest absolute Gasteiger partial charge is 0.246 e. The maximum absolute atomic E-state index is 4.52. The van der Waals surface area contributed by atoms with Gasteiger partial charge in [-0.1, -0.05) is 25.1 Å². The highest BCUT2D eigenvalue weighted by Crippen LogP contribution is 2.29. The van der Waals surface area contributed by atoms with Crippen LogP contribution in [0, 0.1) is 0 Å². The molecule has 0 atom stereocenters. The fraction of sp³-hybridized carbons (Fsp3) is 0.300. The van der Waals surface area contributed by atoms with E-state index in [2.05, 4.69) is 30.1 Å². The summed E-state index contributed by atoms with van der Waals surface area (Å²) in [5.74, 6) is 1.12. The monoisotopic (exact) mass is 257 g/mol. The van der Waals surface area contributed by atoms with Gasteiger partial charge in [-0.25, -0.2) is 4.99 Å². The van der Waals surface area contributed by atoms with E-state index in [1.807, 2.05) is 17.8 Å². The van der Waals surface area contributed by atoms with E-state index in [1.165, 1.54) is 10.6 Å². The molecule has 0 amide bonds. The van der Waals surface area contributed by atoms with Gasteiger partial charge in [-0.3, -0.25) is 0 Å². The van der Waals surface area contributed by atoms with Gasteiger partial charge in [0, 0.05) is 6.42 Å². The minimum atomic E-state index is 0. The quantitative estimate of drug-likeness (QED) is 0.749. The minimum Gasteiger partial charge on any atom is -0.246 e. The van der Waals surface area contributed by atoms with E-state index in [-0.39, 0.29) is 17.0 Å². The van der Waals surface area contributed by atoms with Crippen LogP contribution in [0.2, 0.25) is 0 Å². The lowest BCUT2D eigenvalue weighted by Gasteiger charge is -1.93. The van der Waals surface area contributed by atoms with Crippen LogP contribution in [0.3, 0.4) is 0 Å². The van der Waals surface area contributed by atoms with Crippen molar-refractivity contribution in [3.05, 3.63) is 29.8 Å². The Morgan fingerprint density at radius 1 is 1.38 bits per heavy atom. The van der Waals surface area contributed by atoms with Crippen LogP contribution in [0.25, 0.3) is 0 Å². The van der Waals surface area contributed by atoms with Crippen molar-refractivity contribution in [1.82, 2.24) is 0 Å². The van der Waals surface area contributed by atoms with Crippen LogP contribution in [-0.2, 0) is 6.42 Å². The van der Waals surface area contributed by atoms with Gasteiger partial charge in [-0.2, -0.15) is 0 Å². The van der Waals surface area contributed by atoms with Crippen molar-refractivity contribution in [2.75, 3.05) is 5.75 Å². The van der Waals surface area contributed by atoms with Crippen molar-refractivity contribution >= 4 is 39.5 Å². The molecule has 0 spiro atoms. The van der Waals surface area contributed by atoms with Crippen LogP contribution in [-0.4, -0.2) is 10.8 Å². The van der Waals surface area contributed by atoms with Gasteiger partial charge >= 0.3 is 0 Å². The first kappa shape index (κ1) is 10.8. The van der Waals surface area contributed by atoms with Crippen LogP contribution >= 0.6 is 28.7 Å². The van der Waals surface area contributed by atoms with Crippen LogP contribution in [0.5, 0.6) is 0 Å². The number of hydrogen-bond acceptors (Lipinski definition) is 2. The Hall–Kier alpha value is -0.280. The number of benzene rings is 1. The molecule has 0 N–H and O–H groups in total. The predicted octanol–water partition coefficient (Wildman–Crippen LogP) is 3.60. The normalized spacial score (nSPS) is 13.2. The number of fused-ring (bicyclic) bond motifs is 1. The van der Waals surface area contributed by atoms with E-state index in [0.717, 1.165) is 17.9 Å². The standard InChI is InChI=1S/C10H11NS.BrH/c1-2-12-10-7-8-5-3-4-6-9(8)11-10;/h3-6H,2,7H2,1H3;1H. The molecule has 1 aliphatic rings. The summed E-state index contributed by atoms with van der Waals surface area (Å²) in [6.45, 7) is 2.16. The Balaban J connectivity index is 0.000000845. The number of thioether (sulfide) groups is 1. The molecule has 0 radical (unpaired) electrons. The van der Waals surface area contributed by atoms with E-state index >= 15 is 0 Å². The molecule has 1 aliphatic heterocycles. The fourth-order valence-corrected chi connectivity index (χ4v) is 2.11. The molecule has 1 aromatic carbocycles. The lowest BCUT2D eigenvalue weighted by atomic mass is 10.2. The molecule has 1 nitrogen and oxygen atoms in total. The number of para-hydroxylation sites is 1. The molecule has 0 saturated heterocycles. The highest BCUT2D eigenvalue weighted by molar-refractivity contribution is 8.93. The van der Waals surface area contributed by atoms with E-state index < -0.39 is 0 Å².